The average molecular weight is 368 g/mol. The second-order valence-electron chi connectivity index (χ2n) is 4.10. The maximum atomic E-state index is 11.5. The van der Waals surface area contributed by atoms with E-state index in [0.717, 1.165) is 15.2 Å². The van der Waals surface area contributed by atoms with Crippen LogP contribution in [0.15, 0.2) is 34.7 Å². The van der Waals surface area contributed by atoms with E-state index in [-0.39, 0.29) is 11.8 Å². The summed E-state index contributed by atoms with van der Waals surface area (Å²) in [6.45, 7) is 0.525. The van der Waals surface area contributed by atoms with Crippen LogP contribution in [-0.2, 0) is 6.54 Å². The van der Waals surface area contributed by atoms with Crippen molar-refractivity contribution in [3.63, 3.8) is 0 Å². The van der Waals surface area contributed by atoms with Crippen molar-refractivity contribution < 1.29 is 14.0 Å². The van der Waals surface area contributed by atoms with Crippen LogP contribution in [0.3, 0.4) is 0 Å². The fourth-order valence-electron chi connectivity index (χ4n) is 1.91. The molecule has 6 heteroatoms. The zero-order chi connectivity index (χ0) is 13.4. The molecular formula is C13H9IN2O3. The standard InChI is InChI=1S/C13H9IN2O3/c14-11-4-2-8(19-11)6-15-7-1-3-9-10(5-7)13(18)16-12(9)17/h1-5,15H,6H2,(H,16,17,18). The van der Waals surface area contributed by atoms with Gasteiger partial charge in [0.1, 0.15) is 5.76 Å². The molecule has 0 radical (unpaired) electrons. The Kier molecular flexibility index (Phi) is 3.02. The minimum atomic E-state index is -0.351. The molecule has 1 aliphatic rings. The number of carbonyl (C=O) groups is 2. The molecule has 2 heterocycles. The first-order chi connectivity index (χ1) is 9.13. The van der Waals surface area contributed by atoms with Gasteiger partial charge in [0, 0.05) is 5.69 Å². The van der Waals surface area contributed by atoms with Gasteiger partial charge in [0.05, 0.1) is 17.7 Å². The minimum absolute atomic E-state index is 0.341. The van der Waals surface area contributed by atoms with E-state index in [2.05, 4.69) is 33.2 Å². The number of furan rings is 1. The lowest BCUT2D eigenvalue weighted by molar-refractivity contribution is 0.0879. The molecule has 0 bridgehead atoms. The topological polar surface area (TPSA) is 71.3 Å². The Hall–Kier alpha value is -1.83. The van der Waals surface area contributed by atoms with E-state index < -0.39 is 0 Å². The van der Waals surface area contributed by atoms with E-state index >= 15 is 0 Å². The van der Waals surface area contributed by atoms with Gasteiger partial charge in [0.25, 0.3) is 11.8 Å². The first-order valence-corrected chi connectivity index (χ1v) is 6.69. The molecule has 0 unspecified atom stereocenters. The van der Waals surface area contributed by atoms with Gasteiger partial charge in [-0.3, -0.25) is 14.9 Å². The molecule has 0 atom stereocenters. The minimum Gasteiger partial charge on any atom is -0.454 e. The van der Waals surface area contributed by atoms with Crippen LogP contribution in [0.1, 0.15) is 26.5 Å². The van der Waals surface area contributed by atoms with E-state index in [9.17, 15) is 9.59 Å². The number of anilines is 1. The van der Waals surface area contributed by atoms with Crippen LogP contribution in [0.4, 0.5) is 5.69 Å². The van der Waals surface area contributed by atoms with Crippen LogP contribution in [0.5, 0.6) is 0 Å². The fourth-order valence-corrected chi connectivity index (χ4v) is 2.38. The van der Waals surface area contributed by atoms with E-state index in [1.54, 1.807) is 18.2 Å². The molecule has 0 saturated carbocycles. The number of halogens is 1. The van der Waals surface area contributed by atoms with Gasteiger partial charge in [-0.1, -0.05) is 0 Å². The number of fused-ring (bicyclic) bond motifs is 1. The number of imide groups is 1. The van der Waals surface area contributed by atoms with Crippen LogP contribution in [0, 0.1) is 3.77 Å². The monoisotopic (exact) mass is 368 g/mol. The SMILES string of the molecule is O=C1NC(=O)c2cc(NCc3ccc(I)o3)ccc21. The molecular weight excluding hydrogens is 359 g/mol. The summed E-state index contributed by atoms with van der Waals surface area (Å²) in [6, 6.07) is 8.85. The van der Waals surface area contributed by atoms with E-state index in [0.29, 0.717) is 17.7 Å². The summed E-state index contributed by atoms with van der Waals surface area (Å²) in [7, 11) is 0. The molecule has 1 aromatic heterocycles. The van der Waals surface area contributed by atoms with Gasteiger partial charge in [0.15, 0.2) is 3.77 Å². The smallest absolute Gasteiger partial charge is 0.259 e. The maximum absolute atomic E-state index is 11.5. The van der Waals surface area contributed by atoms with Gasteiger partial charge < -0.3 is 9.73 Å². The zero-order valence-electron chi connectivity index (χ0n) is 9.70. The molecule has 0 aliphatic carbocycles. The lowest BCUT2D eigenvalue weighted by Crippen LogP contribution is -2.19. The number of nitrogens with one attached hydrogen (secondary N) is 2. The molecule has 1 aromatic carbocycles. The van der Waals surface area contributed by atoms with Crippen LogP contribution < -0.4 is 10.6 Å². The Bertz CT molecular complexity index is 678. The third-order valence-electron chi connectivity index (χ3n) is 2.83. The van der Waals surface area contributed by atoms with Crippen LogP contribution in [0.2, 0.25) is 0 Å². The first kappa shape index (κ1) is 12.2. The predicted molar refractivity (Wildman–Crippen MR) is 77.0 cm³/mol. The highest BCUT2D eigenvalue weighted by molar-refractivity contribution is 14.1. The van der Waals surface area contributed by atoms with Gasteiger partial charge in [-0.05, 0) is 52.9 Å². The molecule has 5 nitrogen and oxygen atoms in total. The van der Waals surface area contributed by atoms with Crippen molar-refractivity contribution in [1.29, 1.82) is 0 Å². The van der Waals surface area contributed by atoms with Gasteiger partial charge in [-0.2, -0.15) is 0 Å². The zero-order valence-corrected chi connectivity index (χ0v) is 11.9. The van der Waals surface area contributed by atoms with Gasteiger partial charge >= 0.3 is 0 Å². The van der Waals surface area contributed by atoms with Crippen molar-refractivity contribution in [1.82, 2.24) is 5.32 Å². The summed E-state index contributed by atoms with van der Waals surface area (Å²) in [5.41, 5.74) is 1.60. The predicted octanol–water partition coefficient (Wildman–Crippen LogP) is 2.38. The lowest BCUT2D eigenvalue weighted by Gasteiger charge is -2.05. The molecule has 0 fully saturated rings. The van der Waals surface area contributed by atoms with E-state index in [1.165, 1.54) is 0 Å². The molecule has 2 aromatic rings. The summed E-state index contributed by atoms with van der Waals surface area (Å²) < 4.78 is 6.25. The summed E-state index contributed by atoms with van der Waals surface area (Å²) in [5, 5.41) is 5.41. The normalized spacial score (nSPS) is 13.3. The molecule has 2 amide bonds. The Morgan fingerprint density at radius 3 is 2.63 bits per heavy atom. The molecule has 0 spiro atoms. The summed E-state index contributed by atoms with van der Waals surface area (Å²) >= 11 is 2.10. The number of rotatable bonds is 3. The van der Waals surface area contributed by atoms with Crippen molar-refractivity contribution in [2.24, 2.45) is 0 Å². The van der Waals surface area contributed by atoms with E-state index in [4.69, 9.17) is 4.42 Å². The van der Waals surface area contributed by atoms with Crippen LogP contribution in [0.25, 0.3) is 0 Å². The van der Waals surface area contributed by atoms with Crippen LogP contribution >= 0.6 is 22.6 Å². The highest BCUT2D eigenvalue weighted by atomic mass is 127. The highest BCUT2D eigenvalue weighted by Gasteiger charge is 2.26. The quantitative estimate of drug-likeness (QED) is 0.645. The summed E-state index contributed by atoms with van der Waals surface area (Å²) in [5.74, 6) is 0.119. The molecule has 19 heavy (non-hydrogen) atoms. The number of benzene rings is 1. The third kappa shape index (κ3) is 2.35. The average Bonchev–Trinajstić information content (AvgIpc) is 2.92. The largest absolute Gasteiger partial charge is 0.454 e. The second-order valence-corrected chi connectivity index (χ2v) is 5.17. The number of carbonyl (C=O) groups excluding carboxylic acids is 2. The van der Waals surface area contributed by atoms with Gasteiger partial charge in [0.2, 0.25) is 0 Å². The summed E-state index contributed by atoms with van der Waals surface area (Å²) in [6.07, 6.45) is 0. The highest BCUT2D eigenvalue weighted by Crippen LogP contribution is 2.21. The van der Waals surface area contributed by atoms with Gasteiger partial charge in [-0.25, -0.2) is 0 Å². The Morgan fingerprint density at radius 1 is 1.11 bits per heavy atom. The number of hydrogen-bond donors (Lipinski definition) is 2. The lowest BCUT2D eigenvalue weighted by atomic mass is 10.1. The van der Waals surface area contributed by atoms with Crippen molar-refractivity contribution in [3.8, 4) is 0 Å². The van der Waals surface area contributed by atoms with Crippen LogP contribution in [-0.4, -0.2) is 11.8 Å². The first-order valence-electron chi connectivity index (χ1n) is 5.61. The van der Waals surface area contributed by atoms with Crippen molar-refractivity contribution in [2.45, 2.75) is 6.54 Å². The molecule has 2 N–H and O–H groups in total. The van der Waals surface area contributed by atoms with Gasteiger partial charge in [-0.15, -0.1) is 0 Å². The van der Waals surface area contributed by atoms with Crippen molar-refractivity contribution in [2.75, 3.05) is 5.32 Å². The Balaban J connectivity index is 1.78. The number of amides is 2. The third-order valence-corrected chi connectivity index (χ3v) is 3.41. The molecule has 0 saturated heterocycles. The van der Waals surface area contributed by atoms with Crippen molar-refractivity contribution in [3.05, 3.63) is 51.0 Å². The fraction of sp³-hybridized carbons (Fsp3) is 0.0769. The van der Waals surface area contributed by atoms with E-state index in [1.807, 2.05) is 12.1 Å². The maximum Gasteiger partial charge on any atom is 0.259 e. The molecule has 1 aliphatic heterocycles. The number of hydrogen-bond acceptors (Lipinski definition) is 4. The molecule has 96 valence electrons. The summed E-state index contributed by atoms with van der Waals surface area (Å²) in [4.78, 5) is 22.9. The Morgan fingerprint density at radius 2 is 1.89 bits per heavy atom. The molecule has 3 rings (SSSR count). The van der Waals surface area contributed by atoms with Crippen molar-refractivity contribution >= 4 is 40.1 Å². The Labute approximate surface area is 122 Å². The second kappa shape index (κ2) is 4.69.